The molecule has 0 spiro atoms. The smallest absolute Gasteiger partial charge is 0.251 e. The summed E-state index contributed by atoms with van der Waals surface area (Å²) < 4.78 is 12.0. The topological polar surface area (TPSA) is 69.6 Å². The third kappa shape index (κ3) is 6.28. The van der Waals surface area contributed by atoms with Gasteiger partial charge in [0.05, 0.1) is 25.5 Å². The van der Waals surface area contributed by atoms with Gasteiger partial charge in [0.15, 0.2) is 0 Å². The highest BCUT2D eigenvalue weighted by Crippen LogP contribution is 2.31. The number of aromatic nitrogens is 1. The molecule has 35 heavy (non-hydrogen) atoms. The Balaban J connectivity index is 1.98. The van der Waals surface area contributed by atoms with Gasteiger partial charge in [-0.1, -0.05) is 43.0 Å². The zero-order valence-electron chi connectivity index (χ0n) is 21.1. The molecule has 2 atom stereocenters. The molecule has 3 aromatic rings. The fourth-order valence-electron chi connectivity index (χ4n) is 4.30. The van der Waals surface area contributed by atoms with Crippen molar-refractivity contribution in [1.29, 1.82) is 0 Å². The highest BCUT2D eigenvalue weighted by atomic mass is 16.5. The number of benzene rings is 2. The summed E-state index contributed by atoms with van der Waals surface area (Å²) in [6, 6.07) is 16.5. The van der Waals surface area contributed by atoms with E-state index in [-0.39, 0.29) is 18.1 Å². The Labute approximate surface area is 207 Å². The molecule has 2 aromatic carbocycles. The molecule has 0 bridgehead atoms. The lowest BCUT2D eigenvalue weighted by Crippen LogP contribution is -2.41. The van der Waals surface area contributed by atoms with E-state index in [0.29, 0.717) is 12.2 Å². The Bertz CT molecular complexity index is 1240. The number of hydrogen-bond acceptors (Lipinski definition) is 4. The second kappa shape index (κ2) is 11.7. The van der Waals surface area contributed by atoms with Gasteiger partial charge in [0.25, 0.3) is 5.56 Å². The molecule has 0 fully saturated rings. The van der Waals surface area contributed by atoms with E-state index in [1.807, 2.05) is 25.1 Å². The lowest BCUT2D eigenvalue weighted by atomic mass is 9.92. The van der Waals surface area contributed by atoms with Crippen LogP contribution in [0.5, 0.6) is 0 Å². The van der Waals surface area contributed by atoms with Crippen molar-refractivity contribution < 1.29 is 14.3 Å². The Morgan fingerprint density at radius 1 is 1.03 bits per heavy atom. The number of pyridine rings is 1. The first kappa shape index (κ1) is 26.0. The van der Waals surface area contributed by atoms with Gasteiger partial charge >= 0.3 is 0 Å². The first-order chi connectivity index (χ1) is 16.7. The number of hydrogen-bond donors (Lipinski definition) is 1. The largest absolute Gasteiger partial charge is 0.502 e. The summed E-state index contributed by atoms with van der Waals surface area (Å²) in [5.41, 5.74) is 6.12. The maximum atomic E-state index is 13.5. The monoisotopic (exact) mass is 474 g/mol. The van der Waals surface area contributed by atoms with Crippen LogP contribution in [0, 0.1) is 20.8 Å². The minimum absolute atomic E-state index is 0.0647. The van der Waals surface area contributed by atoms with Crippen LogP contribution in [0.2, 0.25) is 0 Å². The van der Waals surface area contributed by atoms with Crippen LogP contribution < -0.4 is 10.9 Å². The average molecular weight is 475 g/mol. The van der Waals surface area contributed by atoms with E-state index >= 15 is 0 Å². The number of amides is 1. The van der Waals surface area contributed by atoms with E-state index < -0.39 is 12.1 Å². The van der Waals surface area contributed by atoms with Crippen molar-refractivity contribution in [2.75, 3.05) is 20.8 Å². The number of methoxy groups -OCH3 is 2. The average Bonchev–Trinajstić information content (AvgIpc) is 2.82. The molecule has 184 valence electrons. The number of carbonyl (C=O) groups is 1. The van der Waals surface area contributed by atoms with E-state index in [0.717, 1.165) is 16.7 Å². The van der Waals surface area contributed by atoms with Gasteiger partial charge in [-0.2, -0.15) is 0 Å². The van der Waals surface area contributed by atoms with Gasteiger partial charge < -0.3 is 19.4 Å². The predicted molar refractivity (Wildman–Crippen MR) is 139 cm³/mol. The molecule has 1 heterocycles. The van der Waals surface area contributed by atoms with Crippen molar-refractivity contribution in [3.63, 3.8) is 0 Å². The lowest BCUT2D eigenvalue weighted by Gasteiger charge is -2.25. The predicted octanol–water partition coefficient (Wildman–Crippen LogP) is 5.04. The number of aryl methyl sites for hydroxylation is 3. The van der Waals surface area contributed by atoms with E-state index in [9.17, 15) is 9.59 Å². The van der Waals surface area contributed by atoms with E-state index in [1.54, 1.807) is 19.4 Å². The molecule has 0 saturated carbocycles. The summed E-state index contributed by atoms with van der Waals surface area (Å²) in [4.78, 5) is 26.1. The van der Waals surface area contributed by atoms with Crippen LogP contribution in [0.4, 0.5) is 0 Å². The molecule has 6 nitrogen and oxygen atoms in total. The molecule has 0 saturated heterocycles. The van der Waals surface area contributed by atoms with Crippen LogP contribution in [-0.4, -0.2) is 31.3 Å². The number of ether oxygens (including phenoxy) is 2. The fraction of sp³-hybridized carbons (Fsp3) is 0.310. The number of rotatable bonds is 10. The Kier molecular flexibility index (Phi) is 8.66. The van der Waals surface area contributed by atoms with Gasteiger partial charge in [-0.15, -0.1) is 0 Å². The van der Waals surface area contributed by atoms with Crippen molar-refractivity contribution >= 4 is 5.91 Å². The SMILES string of the molecule is C=C(CC(NC(=O)C(COC)n1ccc(C)cc1=O)c1cccc(-c2c(C)cccc2C)c1)OC. The van der Waals surface area contributed by atoms with Crippen molar-refractivity contribution in [2.24, 2.45) is 0 Å². The summed E-state index contributed by atoms with van der Waals surface area (Å²) in [5, 5.41) is 3.11. The second-order valence-corrected chi connectivity index (χ2v) is 8.82. The fourth-order valence-corrected chi connectivity index (χ4v) is 4.30. The molecule has 1 amide bonds. The Morgan fingerprint density at radius 3 is 2.34 bits per heavy atom. The maximum absolute atomic E-state index is 13.5. The van der Waals surface area contributed by atoms with Crippen LogP contribution in [0.3, 0.4) is 0 Å². The van der Waals surface area contributed by atoms with Gasteiger partial charge in [-0.05, 0) is 66.3 Å². The van der Waals surface area contributed by atoms with Crippen molar-refractivity contribution in [3.05, 3.63) is 106 Å². The summed E-state index contributed by atoms with van der Waals surface area (Å²) >= 11 is 0. The number of nitrogens with one attached hydrogen (secondary N) is 1. The quantitative estimate of drug-likeness (QED) is 0.418. The molecule has 0 aliphatic rings. The van der Waals surface area contributed by atoms with Crippen molar-refractivity contribution in [3.8, 4) is 11.1 Å². The zero-order valence-corrected chi connectivity index (χ0v) is 21.1. The number of nitrogens with zero attached hydrogens (tertiary/aromatic N) is 1. The summed E-state index contributed by atoms with van der Waals surface area (Å²) in [6.45, 7) is 10.1. The highest BCUT2D eigenvalue weighted by Gasteiger charge is 2.25. The van der Waals surface area contributed by atoms with Crippen molar-refractivity contribution in [2.45, 2.75) is 39.3 Å². The minimum Gasteiger partial charge on any atom is -0.502 e. The third-order valence-corrected chi connectivity index (χ3v) is 6.16. The maximum Gasteiger partial charge on any atom is 0.251 e. The molecule has 6 heteroatoms. The molecular weight excluding hydrogens is 440 g/mol. The van der Waals surface area contributed by atoms with Crippen molar-refractivity contribution in [1.82, 2.24) is 9.88 Å². The molecule has 2 unspecified atom stereocenters. The van der Waals surface area contributed by atoms with E-state index in [4.69, 9.17) is 9.47 Å². The van der Waals surface area contributed by atoms with Crippen LogP contribution in [0.15, 0.2) is 77.9 Å². The molecular formula is C29H34N2O4. The standard InChI is InChI=1S/C29H34N2O4/c1-19-13-14-31(27(32)15-19)26(18-34-5)29(33)30-25(16-22(4)35-6)23-11-8-12-24(17-23)28-20(2)9-7-10-21(28)3/h7-15,17,25-26H,4,16,18H2,1-3,5-6H3,(H,30,33). The number of carbonyl (C=O) groups excluding carboxylic acids is 1. The molecule has 0 aliphatic carbocycles. The third-order valence-electron chi connectivity index (χ3n) is 6.16. The van der Waals surface area contributed by atoms with Gasteiger partial charge in [-0.25, -0.2) is 0 Å². The molecule has 3 rings (SSSR count). The van der Waals surface area contributed by atoms with Crippen LogP contribution in [0.1, 0.15) is 40.8 Å². The second-order valence-electron chi connectivity index (χ2n) is 8.82. The normalized spacial score (nSPS) is 12.6. The molecule has 1 aromatic heterocycles. The summed E-state index contributed by atoms with van der Waals surface area (Å²) in [6.07, 6.45) is 2.02. The minimum atomic E-state index is -0.812. The van der Waals surface area contributed by atoms with Gasteiger partial charge in [-0.3, -0.25) is 9.59 Å². The Morgan fingerprint density at radius 2 is 1.71 bits per heavy atom. The molecule has 1 N–H and O–H groups in total. The van der Waals surface area contributed by atoms with E-state index in [2.05, 4.69) is 50.0 Å². The van der Waals surface area contributed by atoms with Crippen LogP contribution >= 0.6 is 0 Å². The summed E-state index contributed by atoms with van der Waals surface area (Å²) in [5.74, 6) is 0.229. The van der Waals surface area contributed by atoms with Gasteiger partial charge in [0.2, 0.25) is 5.91 Å². The lowest BCUT2D eigenvalue weighted by molar-refractivity contribution is -0.126. The van der Waals surface area contributed by atoms with Crippen LogP contribution in [-0.2, 0) is 14.3 Å². The Hall–Kier alpha value is -3.64. The molecule has 0 radical (unpaired) electrons. The van der Waals surface area contributed by atoms with Crippen LogP contribution in [0.25, 0.3) is 11.1 Å². The first-order valence-electron chi connectivity index (χ1n) is 11.6. The van der Waals surface area contributed by atoms with Gasteiger partial charge in [0, 0.05) is 25.8 Å². The summed E-state index contributed by atoms with van der Waals surface area (Å²) in [7, 11) is 3.08. The van der Waals surface area contributed by atoms with E-state index in [1.165, 1.54) is 34.4 Å². The zero-order chi connectivity index (χ0) is 25.5. The highest BCUT2D eigenvalue weighted by molar-refractivity contribution is 5.81. The molecule has 0 aliphatic heterocycles. The van der Waals surface area contributed by atoms with Gasteiger partial charge in [0.1, 0.15) is 6.04 Å². The first-order valence-corrected chi connectivity index (χ1v) is 11.6.